The monoisotopic (exact) mass is 349 g/mol. The number of amides is 1. The Morgan fingerprint density at radius 3 is 3.04 bits per heavy atom. The van der Waals surface area contributed by atoms with Gasteiger partial charge in [0, 0.05) is 11.1 Å². The molecule has 1 fully saturated rings. The minimum absolute atomic E-state index is 0.0830. The lowest BCUT2D eigenvalue weighted by Gasteiger charge is -2.20. The first-order valence-electron chi connectivity index (χ1n) is 7.97. The largest absolute Gasteiger partial charge is 0.481 e. The SMILES string of the molecule is Cc1ccc(F)c(OCC(=O)Nc2ncc(C3CCNCC3)s2)c1. The first-order chi connectivity index (χ1) is 11.6. The van der Waals surface area contributed by atoms with Crippen molar-refractivity contribution < 1.29 is 13.9 Å². The molecule has 128 valence electrons. The molecule has 0 atom stereocenters. The lowest BCUT2D eigenvalue weighted by Crippen LogP contribution is -2.26. The van der Waals surface area contributed by atoms with Crippen molar-refractivity contribution >= 4 is 22.4 Å². The highest BCUT2D eigenvalue weighted by Crippen LogP contribution is 2.31. The molecular formula is C17H20FN3O2S. The van der Waals surface area contributed by atoms with Gasteiger partial charge in [-0.15, -0.1) is 11.3 Å². The number of ether oxygens (including phenoxy) is 1. The molecule has 2 heterocycles. The number of hydrogen-bond donors (Lipinski definition) is 2. The highest BCUT2D eigenvalue weighted by molar-refractivity contribution is 7.15. The average Bonchev–Trinajstić information content (AvgIpc) is 3.05. The molecule has 1 amide bonds. The first-order valence-corrected chi connectivity index (χ1v) is 8.78. The lowest BCUT2D eigenvalue weighted by molar-refractivity contribution is -0.118. The van der Waals surface area contributed by atoms with Gasteiger partial charge in [0.1, 0.15) is 0 Å². The van der Waals surface area contributed by atoms with Crippen LogP contribution in [0.3, 0.4) is 0 Å². The van der Waals surface area contributed by atoms with Crippen LogP contribution in [0.25, 0.3) is 0 Å². The Hall–Kier alpha value is -1.99. The molecule has 0 spiro atoms. The summed E-state index contributed by atoms with van der Waals surface area (Å²) in [7, 11) is 0. The van der Waals surface area contributed by atoms with Gasteiger partial charge in [-0.2, -0.15) is 0 Å². The van der Waals surface area contributed by atoms with E-state index < -0.39 is 5.82 Å². The Kier molecular flexibility index (Phi) is 5.42. The number of nitrogens with one attached hydrogen (secondary N) is 2. The average molecular weight is 349 g/mol. The van der Waals surface area contributed by atoms with Crippen molar-refractivity contribution in [1.82, 2.24) is 10.3 Å². The van der Waals surface area contributed by atoms with E-state index in [4.69, 9.17) is 4.74 Å². The van der Waals surface area contributed by atoms with E-state index in [9.17, 15) is 9.18 Å². The summed E-state index contributed by atoms with van der Waals surface area (Å²) in [5.41, 5.74) is 0.873. The Morgan fingerprint density at radius 1 is 1.46 bits per heavy atom. The summed E-state index contributed by atoms with van der Waals surface area (Å²) >= 11 is 1.49. The minimum Gasteiger partial charge on any atom is -0.481 e. The number of anilines is 1. The molecule has 1 aromatic heterocycles. The molecule has 1 saturated heterocycles. The minimum atomic E-state index is -0.476. The number of piperidine rings is 1. The zero-order valence-electron chi connectivity index (χ0n) is 13.5. The summed E-state index contributed by atoms with van der Waals surface area (Å²) in [4.78, 5) is 17.4. The van der Waals surface area contributed by atoms with Crippen LogP contribution in [-0.2, 0) is 4.79 Å². The molecule has 2 N–H and O–H groups in total. The normalized spacial score (nSPS) is 15.2. The van der Waals surface area contributed by atoms with E-state index in [1.807, 2.05) is 13.1 Å². The molecule has 2 aromatic rings. The van der Waals surface area contributed by atoms with E-state index in [0.717, 1.165) is 31.5 Å². The fraction of sp³-hybridized carbons (Fsp3) is 0.412. The third-order valence-corrected chi connectivity index (χ3v) is 5.03. The topological polar surface area (TPSA) is 63.2 Å². The van der Waals surface area contributed by atoms with E-state index in [-0.39, 0.29) is 18.3 Å². The van der Waals surface area contributed by atoms with Gasteiger partial charge in [-0.25, -0.2) is 9.37 Å². The highest BCUT2D eigenvalue weighted by Gasteiger charge is 2.18. The molecule has 1 aliphatic rings. The third-order valence-electron chi connectivity index (χ3n) is 3.96. The summed E-state index contributed by atoms with van der Waals surface area (Å²) in [6, 6.07) is 4.55. The molecular weight excluding hydrogens is 329 g/mol. The van der Waals surface area contributed by atoms with Crippen molar-refractivity contribution in [2.45, 2.75) is 25.7 Å². The predicted octanol–water partition coefficient (Wildman–Crippen LogP) is 3.08. The fourth-order valence-electron chi connectivity index (χ4n) is 2.66. The lowest BCUT2D eigenvalue weighted by atomic mass is 9.97. The molecule has 5 nitrogen and oxygen atoms in total. The molecule has 0 aliphatic carbocycles. The quantitative estimate of drug-likeness (QED) is 0.871. The first kappa shape index (κ1) is 16.9. The zero-order chi connectivity index (χ0) is 16.9. The van der Waals surface area contributed by atoms with E-state index in [1.54, 1.807) is 12.1 Å². The van der Waals surface area contributed by atoms with E-state index >= 15 is 0 Å². The van der Waals surface area contributed by atoms with Gasteiger partial charge in [0.15, 0.2) is 23.3 Å². The Labute approximate surface area is 144 Å². The van der Waals surface area contributed by atoms with Gasteiger partial charge >= 0.3 is 0 Å². The Morgan fingerprint density at radius 2 is 2.25 bits per heavy atom. The second-order valence-corrected chi connectivity index (χ2v) is 6.93. The van der Waals surface area contributed by atoms with Crippen LogP contribution in [0.1, 0.15) is 29.2 Å². The van der Waals surface area contributed by atoms with Gasteiger partial charge in [-0.05, 0) is 56.5 Å². The second-order valence-electron chi connectivity index (χ2n) is 5.86. The third kappa shape index (κ3) is 4.30. The predicted molar refractivity (Wildman–Crippen MR) is 92.2 cm³/mol. The van der Waals surface area contributed by atoms with Gasteiger partial charge in [0.2, 0.25) is 0 Å². The number of aryl methyl sites for hydroxylation is 1. The van der Waals surface area contributed by atoms with E-state index in [0.29, 0.717) is 11.0 Å². The van der Waals surface area contributed by atoms with Crippen LogP contribution in [0.2, 0.25) is 0 Å². The summed E-state index contributed by atoms with van der Waals surface area (Å²) in [6.07, 6.45) is 4.01. The number of aromatic nitrogens is 1. The van der Waals surface area contributed by atoms with Crippen molar-refractivity contribution in [3.63, 3.8) is 0 Å². The number of hydrogen-bond acceptors (Lipinski definition) is 5. The standard InChI is InChI=1S/C17H20FN3O2S/c1-11-2-3-13(18)14(8-11)23-10-16(22)21-17-20-9-15(24-17)12-4-6-19-7-5-12/h2-3,8-9,12,19H,4-7,10H2,1H3,(H,20,21,22). The molecule has 1 aromatic carbocycles. The number of nitrogens with zero attached hydrogens (tertiary/aromatic N) is 1. The number of benzene rings is 1. The molecule has 3 rings (SSSR count). The van der Waals surface area contributed by atoms with Crippen LogP contribution in [-0.4, -0.2) is 30.6 Å². The molecule has 7 heteroatoms. The van der Waals surface area contributed by atoms with Crippen LogP contribution in [0.5, 0.6) is 5.75 Å². The van der Waals surface area contributed by atoms with Gasteiger partial charge in [-0.1, -0.05) is 6.07 Å². The van der Waals surface area contributed by atoms with Gasteiger partial charge in [-0.3, -0.25) is 10.1 Å². The maximum Gasteiger partial charge on any atom is 0.264 e. The molecule has 24 heavy (non-hydrogen) atoms. The number of rotatable bonds is 5. The second kappa shape index (κ2) is 7.72. The maximum absolute atomic E-state index is 13.6. The smallest absolute Gasteiger partial charge is 0.264 e. The number of carbonyl (C=O) groups is 1. The van der Waals surface area contributed by atoms with Gasteiger partial charge < -0.3 is 10.1 Å². The molecule has 1 aliphatic heterocycles. The van der Waals surface area contributed by atoms with Crippen LogP contribution in [0.15, 0.2) is 24.4 Å². The van der Waals surface area contributed by atoms with Crippen LogP contribution in [0, 0.1) is 12.7 Å². The van der Waals surface area contributed by atoms with Crippen molar-refractivity contribution in [2.75, 3.05) is 25.0 Å². The van der Waals surface area contributed by atoms with E-state index in [1.165, 1.54) is 22.3 Å². The van der Waals surface area contributed by atoms with E-state index in [2.05, 4.69) is 15.6 Å². The number of carbonyl (C=O) groups excluding carboxylic acids is 1. The molecule has 0 saturated carbocycles. The summed E-state index contributed by atoms with van der Waals surface area (Å²) in [5, 5.41) is 6.60. The van der Waals surface area contributed by atoms with Crippen LogP contribution >= 0.6 is 11.3 Å². The molecule has 0 radical (unpaired) electrons. The number of thiazole rings is 1. The van der Waals surface area contributed by atoms with Crippen molar-refractivity contribution in [3.8, 4) is 5.75 Å². The van der Waals surface area contributed by atoms with Crippen LogP contribution in [0.4, 0.5) is 9.52 Å². The van der Waals surface area contributed by atoms with Crippen LogP contribution < -0.4 is 15.4 Å². The zero-order valence-corrected chi connectivity index (χ0v) is 14.3. The summed E-state index contributed by atoms with van der Waals surface area (Å²) < 4.78 is 18.8. The summed E-state index contributed by atoms with van der Waals surface area (Å²) in [5.74, 6) is -0.232. The van der Waals surface area contributed by atoms with Gasteiger partial charge in [0.05, 0.1) is 0 Å². The number of halogens is 1. The molecule has 0 unspecified atom stereocenters. The van der Waals surface area contributed by atoms with Crippen molar-refractivity contribution in [3.05, 3.63) is 40.7 Å². The Balaban J connectivity index is 1.53. The Bertz CT molecular complexity index is 714. The van der Waals surface area contributed by atoms with Crippen molar-refractivity contribution in [1.29, 1.82) is 0 Å². The summed E-state index contributed by atoms with van der Waals surface area (Å²) in [6.45, 7) is 3.62. The van der Waals surface area contributed by atoms with Crippen molar-refractivity contribution in [2.24, 2.45) is 0 Å². The van der Waals surface area contributed by atoms with Gasteiger partial charge in [0.25, 0.3) is 5.91 Å². The highest BCUT2D eigenvalue weighted by atomic mass is 32.1. The fourth-order valence-corrected chi connectivity index (χ4v) is 3.66. The molecule has 0 bridgehead atoms. The maximum atomic E-state index is 13.6.